The molecule has 3 aliphatic rings. The van der Waals surface area contributed by atoms with Gasteiger partial charge in [0.05, 0.1) is 0 Å². The molecule has 0 radical (unpaired) electrons. The van der Waals surface area contributed by atoms with Gasteiger partial charge in [-0.05, 0) is 63.5 Å². The zero-order chi connectivity index (χ0) is 14.8. The molecule has 1 saturated heterocycles. The van der Waals surface area contributed by atoms with Crippen molar-refractivity contribution in [2.24, 2.45) is 5.92 Å². The van der Waals surface area contributed by atoms with Gasteiger partial charge in [0.1, 0.15) is 0 Å². The molecule has 1 nitrogen and oxygen atoms in total. The lowest BCUT2D eigenvalue weighted by Gasteiger charge is -2.49. The van der Waals surface area contributed by atoms with Gasteiger partial charge in [-0.1, -0.05) is 38.1 Å². The third-order valence-electron chi connectivity index (χ3n) is 4.75. The highest BCUT2D eigenvalue weighted by molar-refractivity contribution is 5.30. The summed E-state index contributed by atoms with van der Waals surface area (Å²) in [5, 5.41) is 0. The molecule has 0 saturated carbocycles. The first-order chi connectivity index (χ1) is 9.54. The zero-order valence-electron chi connectivity index (χ0n) is 13.9. The molecule has 2 heterocycles. The third-order valence-corrected chi connectivity index (χ3v) is 4.75. The minimum Gasteiger partial charge on any atom is -0.295 e. The van der Waals surface area contributed by atoms with Crippen molar-refractivity contribution in [1.82, 2.24) is 4.90 Å². The number of piperidine rings is 1. The van der Waals surface area contributed by atoms with Gasteiger partial charge in [0.25, 0.3) is 0 Å². The van der Waals surface area contributed by atoms with E-state index in [4.69, 9.17) is 0 Å². The van der Waals surface area contributed by atoms with E-state index >= 15 is 0 Å². The summed E-state index contributed by atoms with van der Waals surface area (Å²) in [5.41, 5.74) is 3.53. The van der Waals surface area contributed by atoms with E-state index in [9.17, 15) is 0 Å². The van der Waals surface area contributed by atoms with Gasteiger partial charge in [0, 0.05) is 18.1 Å². The van der Waals surface area contributed by atoms with Crippen LogP contribution >= 0.6 is 0 Å². The molecule has 1 heteroatoms. The van der Waals surface area contributed by atoms with Crippen molar-refractivity contribution in [2.45, 2.75) is 71.9 Å². The van der Waals surface area contributed by atoms with E-state index in [0.717, 1.165) is 12.0 Å². The van der Waals surface area contributed by atoms with Crippen LogP contribution in [0.15, 0.2) is 24.3 Å². The van der Waals surface area contributed by atoms with E-state index in [1.807, 2.05) is 13.8 Å². The molecular formula is C19H31N. The largest absolute Gasteiger partial charge is 0.295 e. The normalized spacial score (nSPS) is 26.1. The van der Waals surface area contributed by atoms with Crippen LogP contribution in [0, 0.1) is 5.92 Å². The maximum Gasteiger partial charge on any atom is 0.0141 e. The summed E-state index contributed by atoms with van der Waals surface area (Å²) < 4.78 is 0. The van der Waals surface area contributed by atoms with Gasteiger partial charge in [0.2, 0.25) is 0 Å². The van der Waals surface area contributed by atoms with Crippen LogP contribution in [0.2, 0.25) is 0 Å². The summed E-state index contributed by atoms with van der Waals surface area (Å²) in [6, 6.07) is 9.85. The summed E-state index contributed by atoms with van der Waals surface area (Å²) in [6.45, 7) is 12.4. The molecule has 1 fully saturated rings. The minimum atomic E-state index is 0.315. The predicted molar refractivity (Wildman–Crippen MR) is 88.2 cm³/mol. The van der Waals surface area contributed by atoms with Crippen molar-refractivity contribution < 1.29 is 0 Å². The van der Waals surface area contributed by atoms with E-state index < -0.39 is 0 Å². The number of benzene rings is 1. The van der Waals surface area contributed by atoms with Crippen LogP contribution in [0.25, 0.3) is 0 Å². The summed E-state index contributed by atoms with van der Waals surface area (Å²) >= 11 is 0. The summed E-state index contributed by atoms with van der Waals surface area (Å²) in [5.74, 6) is 0.863. The monoisotopic (exact) mass is 273 g/mol. The Kier molecular flexibility index (Phi) is 4.90. The molecular weight excluding hydrogens is 242 g/mol. The second-order valence-corrected chi connectivity index (χ2v) is 7.10. The Morgan fingerprint density at radius 2 is 1.55 bits per heavy atom. The van der Waals surface area contributed by atoms with Crippen LogP contribution in [0.5, 0.6) is 0 Å². The fourth-order valence-electron chi connectivity index (χ4n) is 3.82. The summed E-state index contributed by atoms with van der Waals surface area (Å²) in [4.78, 5) is 2.76. The Hall–Kier alpha value is -0.820. The molecule has 112 valence electrons. The van der Waals surface area contributed by atoms with Crippen molar-refractivity contribution in [2.75, 3.05) is 6.54 Å². The van der Waals surface area contributed by atoms with Crippen molar-refractivity contribution in [3.8, 4) is 0 Å². The quantitative estimate of drug-likeness (QED) is 0.663. The summed E-state index contributed by atoms with van der Waals surface area (Å²) in [7, 11) is 0. The second-order valence-electron chi connectivity index (χ2n) is 7.10. The van der Waals surface area contributed by atoms with Crippen LogP contribution in [0.3, 0.4) is 0 Å². The van der Waals surface area contributed by atoms with Gasteiger partial charge in [-0.3, -0.25) is 4.90 Å². The molecule has 0 N–H and O–H groups in total. The first-order valence-electron chi connectivity index (χ1n) is 8.37. The average Bonchev–Trinajstić information content (AvgIpc) is 2.39. The van der Waals surface area contributed by atoms with E-state index in [1.54, 1.807) is 11.1 Å². The molecule has 20 heavy (non-hydrogen) atoms. The number of rotatable bonds is 0. The summed E-state index contributed by atoms with van der Waals surface area (Å²) in [6.07, 6.45) is 5.34. The minimum absolute atomic E-state index is 0.315. The van der Waals surface area contributed by atoms with Gasteiger partial charge in [-0.2, -0.15) is 0 Å². The van der Waals surface area contributed by atoms with E-state index in [-0.39, 0.29) is 0 Å². The van der Waals surface area contributed by atoms with E-state index in [0.29, 0.717) is 5.54 Å². The van der Waals surface area contributed by atoms with Gasteiger partial charge >= 0.3 is 0 Å². The smallest absolute Gasteiger partial charge is 0.0141 e. The molecule has 1 aromatic carbocycles. The Balaban J connectivity index is 0.000000704. The number of hydrogen-bond acceptors (Lipinski definition) is 1. The van der Waals surface area contributed by atoms with Crippen LogP contribution in [-0.4, -0.2) is 23.0 Å². The van der Waals surface area contributed by atoms with Crippen molar-refractivity contribution in [1.29, 1.82) is 0 Å². The van der Waals surface area contributed by atoms with Gasteiger partial charge in [0.15, 0.2) is 0 Å². The first-order valence-corrected chi connectivity index (χ1v) is 8.37. The zero-order valence-corrected chi connectivity index (χ0v) is 13.9. The van der Waals surface area contributed by atoms with Crippen LogP contribution in [-0.2, 0) is 12.8 Å². The molecule has 1 aliphatic carbocycles. The van der Waals surface area contributed by atoms with Gasteiger partial charge in [-0.15, -0.1) is 0 Å². The first kappa shape index (κ1) is 15.6. The maximum atomic E-state index is 2.76. The van der Waals surface area contributed by atoms with Gasteiger partial charge in [-0.25, -0.2) is 0 Å². The molecule has 0 amide bonds. The molecule has 2 unspecified atom stereocenters. The highest BCUT2D eigenvalue weighted by Gasteiger charge is 2.36. The highest BCUT2D eigenvalue weighted by Crippen LogP contribution is 2.35. The molecule has 2 bridgehead atoms. The molecule has 4 rings (SSSR count). The lowest BCUT2D eigenvalue weighted by molar-refractivity contribution is 0.0216. The lowest BCUT2D eigenvalue weighted by Crippen LogP contribution is -2.55. The van der Waals surface area contributed by atoms with Gasteiger partial charge < -0.3 is 0 Å². The average molecular weight is 273 g/mol. The van der Waals surface area contributed by atoms with Crippen molar-refractivity contribution in [3.05, 3.63) is 35.4 Å². The molecule has 1 aromatic rings. The highest BCUT2D eigenvalue weighted by atomic mass is 15.2. The third kappa shape index (κ3) is 3.25. The standard InChI is InChI=1S/C17H25N.C2H6/c1-17(2,3)18-12-13-8-9-16(18)11-15-7-5-4-6-14(15)10-13;1-2/h4-7,13,16H,8-12H2,1-3H3;1-2H3. The Bertz CT molecular complexity index is 430. The van der Waals surface area contributed by atoms with Crippen LogP contribution in [0.1, 0.15) is 58.6 Å². The van der Waals surface area contributed by atoms with E-state index in [2.05, 4.69) is 49.9 Å². The van der Waals surface area contributed by atoms with Crippen LogP contribution in [0.4, 0.5) is 0 Å². The Morgan fingerprint density at radius 3 is 2.15 bits per heavy atom. The SMILES string of the molecule is CC.CC(C)(C)N1CC2CCC1Cc1ccccc1C2. The fraction of sp³-hybridized carbons (Fsp3) is 0.684. The number of nitrogens with zero attached hydrogens (tertiary/aromatic N) is 1. The molecule has 0 spiro atoms. The van der Waals surface area contributed by atoms with Crippen molar-refractivity contribution in [3.63, 3.8) is 0 Å². The Labute approximate surface area is 125 Å². The second kappa shape index (κ2) is 6.30. The fourth-order valence-corrected chi connectivity index (χ4v) is 3.82. The molecule has 2 aliphatic heterocycles. The predicted octanol–water partition coefficient (Wildman–Crippen LogP) is 4.69. The number of hydrogen-bond donors (Lipinski definition) is 0. The Morgan fingerprint density at radius 1 is 0.950 bits per heavy atom. The van der Waals surface area contributed by atoms with Crippen molar-refractivity contribution >= 4 is 0 Å². The number of fused-ring (bicyclic) bond motifs is 2. The van der Waals surface area contributed by atoms with Crippen LogP contribution < -0.4 is 0 Å². The van der Waals surface area contributed by atoms with E-state index in [1.165, 1.54) is 32.2 Å². The molecule has 2 atom stereocenters. The lowest BCUT2D eigenvalue weighted by atomic mass is 9.78. The molecule has 0 aromatic heterocycles. The maximum absolute atomic E-state index is 2.76. The topological polar surface area (TPSA) is 3.24 Å².